The highest BCUT2D eigenvalue weighted by Crippen LogP contribution is 2.17. The SMILES string of the molecule is CCC(CNC(=O)OC(C)(C)C)NC1CCC(N)CC1. The summed E-state index contributed by atoms with van der Waals surface area (Å²) >= 11 is 0. The molecule has 0 bridgehead atoms. The number of nitrogens with one attached hydrogen (secondary N) is 2. The molecule has 0 spiro atoms. The molecule has 0 radical (unpaired) electrons. The molecule has 5 nitrogen and oxygen atoms in total. The van der Waals surface area contributed by atoms with Gasteiger partial charge in [-0.25, -0.2) is 4.79 Å². The smallest absolute Gasteiger partial charge is 0.407 e. The van der Waals surface area contributed by atoms with Crippen LogP contribution < -0.4 is 16.4 Å². The molecule has 1 rings (SSSR count). The van der Waals surface area contributed by atoms with Gasteiger partial charge in [-0.2, -0.15) is 0 Å². The van der Waals surface area contributed by atoms with Gasteiger partial charge in [0.05, 0.1) is 0 Å². The molecule has 1 saturated carbocycles. The van der Waals surface area contributed by atoms with E-state index >= 15 is 0 Å². The van der Waals surface area contributed by atoms with E-state index in [1.807, 2.05) is 20.8 Å². The molecule has 118 valence electrons. The van der Waals surface area contributed by atoms with Gasteiger partial charge in [0.2, 0.25) is 0 Å². The molecule has 0 aromatic carbocycles. The summed E-state index contributed by atoms with van der Waals surface area (Å²) in [5.41, 5.74) is 5.47. The molecule has 0 aromatic rings. The van der Waals surface area contributed by atoms with Crippen LogP contribution in [-0.4, -0.2) is 36.4 Å². The van der Waals surface area contributed by atoms with Crippen molar-refractivity contribution in [1.29, 1.82) is 0 Å². The minimum absolute atomic E-state index is 0.293. The van der Waals surface area contributed by atoms with E-state index in [9.17, 15) is 4.79 Å². The van der Waals surface area contributed by atoms with E-state index in [2.05, 4.69) is 17.6 Å². The molecule has 0 aromatic heterocycles. The van der Waals surface area contributed by atoms with Gasteiger partial charge in [-0.1, -0.05) is 6.92 Å². The van der Waals surface area contributed by atoms with E-state index in [4.69, 9.17) is 10.5 Å². The Morgan fingerprint density at radius 2 is 1.90 bits per heavy atom. The minimum Gasteiger partial charge on any atom is -0.444 e. The second kappa shape index (κ2) is 7.84. The van der Waals surface area contributed by atoms with Gasteiger partial charge in [0.15, 0.2) is 0 Å². The molecule has 4 N–H and O–H groups in total. The van der Waals surface area contributed by atoms with E-state index in [-0.39, 0.29) is 6.09 Å². The number of carbonyl (C=O) groups is 1. The summed E-state index contributed by atoms with van der Waals surface area (Å²) in [7, 11) is 0. The van der Waals surface area contributed by atoms with Crippen molar-refractivity contribution in [2.45, 2.75) is 83.5 Å². The first-order valence-corrected chi connectivity index (χ1v) is 7.78. The van der Waals surface area contributed by atoms with Gasteiger partial charge in [0.1, 0.15) is 5.60 Å². The predicted octanol–water partition coefficient (Wildman–Crippen LogP) is 2.15. The Hall–Kier alpha value is -0.810. The zero-order valence-electron chi connectivity index (χ0n) is 13.4. The van der Waals surface area contributed by atoms with Crippen molar-refractivity contribution in [1.82, 2.24) is 10.6 Å². The molecule has 5 heteroatoms. The summed E-state index contributed by atoms with van der Waals surface area (Å²) in [6.07, 6.45) is 5.08. The maximum Gasteiger partial charge on any atom is 0.407 e. The van der Waals surface area contributed by atoms with Crippen LogP contribution in [0, 0.1) is 0 Å². The fourth-order valence-electron chi connectivity index (χ4n) is 2.46. The van der Waals surface area contributed by atoms with Crippen molar-refractivity contribution in [3.63, 3.8) is 0 Å². The molecular formula is C15H31N3O2. The number of hydrogen-bond donors (Lipinski definition) is 3. The van der Waals surface area contributed by atoms with Gasteiger partial charge in [-0.05, 0) is 52.9 Å². The molecule has 0 saturated heterocycles. The molecule has 1 unspecified atom stereocenters. The molecular weight excluding hydrogens is 254 g/mol. The van der Waals surface area contributed by atoms with Gasteiger partial charge in [-0.3, -0.25) is 0 Å². The van der Waals surface area contributed by atoms with Gasteiger partial charge < -0.3 is 21.1 Å². The average molecular weight is 285 g/mol. The fraction of sp³-hybridized carbons (Fsp3) is 0.933. The number of rotatable bonds is 5. The third-order valence-electron chi connectivity index (χ3n) is 3.63. The van der Waals surface area contributed by atoms with Crippen LogP contribution in [0.2, 0.25) is 0 Å². The van der Waals surface area contributed by atoms with Crippen molar-refractivity contribution < 1.29 is 9.53 Å². The highest BCUT2D eigenvalue weighted by Gasteiger charge is 2.21. The van der Waals surface area contributed by atoms with Gasteiger partial charge in [0, 0.05) is 24.7 Å². The summed E-state index contributed by atoms with van der Waals surface area (Å²) in [6, 6.07) is 1.19. The number of hydrogen-bond acceptors (Lipinski definition) is 4. The minimum atomic E-state index is -0.446. The average Bonchev–Trinajstić information content (AvgIpc) is 2.34. The Bertz CT molecular complexity index is 294. The van der Waals surface area contributed by atoms with Gasteiger partial charge in [0.25, 0.3) is 0 Å². The van der Waals surface area contributed by atoms with E-state index in [0.717, 1.165) is 32.1 Å². The van der Waals surface area contributed by atoms with E-state index in [0.29, 0.717) is 24.7 Å². The van der Waals surface area contributed by atoms with E-state index in [1.165, 1.54) is 0 Å². The number of carbonyl (C=O) groups excluding carboxylic acids is 1. The molecule has 1 atom stereocenters. The lowest BCUT2D eigenvalue weighted by atomic mass is 9.91. The van der Waals surface area contributed by atoms with Crippen molar-refractivity contribution in [2.24, 2.45) is 5.73 Å². The monoisotopic (exact) mass is 285 g/mol. The van der Waals surface area contributed by atoms with E-state index in [1.54, 1.807) is 0 Å². The first-order valence-electron chi connectivity index (χ1n) is 7.78. The maximum absolute atomic E-state index is 11.6. The molecule has 1 amide bonds. The lowest BCUT2D eigenvalue weighted by Gasteiger charge is -2.30. The van der Waals surface area contributed by atoms with Gasteiger partial charge in [-0.15, -0.1) is 0 Å². The Labute approximate surface area is 123 Å². The topological polar surface area (TPSA) is 76.4 Å². The van der Waals surface area contributed by atoms with Crippen LogP contribution in [0.4, 0.5) is 4.79 Å². The summed E-state index contributed by atoms with van der Waals surface area (Å²) in [4.78, 5) is 11.6. The lowest BCUT2D eigenvalue weighted by molar-refractivity contribution is 0.0521. The van der Waals surface area contributed by atoms with Crippen LogP contribution in [0.15, 0.2) is 0 Å². The normalized spacial score (nSPS) is 25.1. The van der Waals surface area contributed by atoms with Crippen molar-refractivity contribution in [3.05, 3.63) is 0 Å². The second-order valence-electron chi connectivity index (χ2n) is 6.77. The highest BCUT2D eigenvalue weighted by atomic mass is 16.6. The standard InChI is InChI=1S/C15H31N3O2/c1-5-12(10-17-14(19)20-15(2,3)4)18-13-8-6-11(16)7-9-13/h11-13,18H,5-10,16H2,1-4H3,(H,17,19). The van der Waals surface area contributed by atoms with Crippen LogP contribution in [-0.2, 0) is 4.74 Å². The highest BCUT2D eigenvalue weighted by molar-refractivity contribution is 5.67. The third kappa shape index (κ3) is 7.10. The Balaban J connectivity index is 2.27. The van der Waals surface area contributed by atoms with Crippen LogP contribution in [0.25, 0.3) is 0 Å². The number of alkyl carbamates (subject to hydrolysis) is 1. The third-order valence-corrected chi connectivity index (χ3v) is 3.63. The zero-order valence-corrected chi connectivity index (χ0v) is 13.4. The molecule has 0 heterocycles. The maximum atomic E-state index is 11.6. The van der Waals surface area contributed by atoms with Crippen LogP contribution >= 0.6 is 0 Å². The second-order valence-corrected chi connectivity index (χ2v) is 6.77. The fourth-order valence-corrected chi connectivity index (χ4v) is 2.46. The molecule has 1 aliphatic rings. The van der Waals surface area contributed by atoms with Crippen molar-refractivity contribution in [2.75, 3.05) is 6.54 Å². The molecule has 1 aliphatic carbocycles. The lowest BCUT2D eigenvalue weighted by Crippen LogP contribution is -2.48. The first kappa shape index (κ1) is 17.2. The zero-order chi connectivity index (χ0) is 15.2. The Kier molecular flexibility index (Phi) is 6.76. The predicted molar refractivity (Wildman–Crippen MR) is 81.7 cm³/mol. The summed E-state index contributed by atoms with van der Waals surface area (Å²) in [5, 5.41) is 6.46. The van der Waals surface area contributed by atoms with Gasteiger partial charge >= 0.3 is 6.09 Å². The summed E-state index contributed by atoms with van der Waals surface area (Å²) in [6.45, 7) is 8.34. The molecule has 20 heavy (non-hydrogen) atoms. The molecule has 1 fully saturated rings. The number of nitrogens with two attached hydrogens (primary N) is 1. The van der Waals surface area contributed by atoms with Crippen LogP contribution in [0.3, 0.4) is 0 Å². The van der Waals surface area contributed by atoms with Crippen molar-refractivity contribution in [3.8, 4) is 0 Å². The number of amides is 1. The number of ether oxygens (including phenoxy) is 1. The Morgan fingerprint density at radius 1 is 1.30 bits per heavy atom. The summed E-state index contributed by atoms with van der Waals surface area (Å²) < 4.78 is 5.24. The molecule has 0 aliphatic heterocycles. The summed E-state index contributed by atoms with van der Waals surface area (Å²) in [5.74, 6) is 0. The largest absolute Gasteiger partial charge is 0.444 e. The van der Waals surface area contributed by atoms with Crippen LogP contribution in [0.1, 0.15) is 59.8 Å². The van der Waals surface area contributed by atoms with Crippen molar-refractivity contribution >= 4 is 6.09 Å². The van der Waals surface area contributed by atoms with E-state index < -0.39 is 5.60 Å². The first-order chi connectivity index (χ1) is 9.30. The quantitative estimate of drug-likeness (QED) is 0.723. The van der Waals surface area contributed by atoms with Crippen LogP contribution in [0.5, 0.6) is 0 Å². The Morgan fingerprint density at radius 3 is 2.40 bits per heavy atom.